The van der Waals surface area contributed by atoms with Gasteiger partial charge in [-0.05, 0) is 18.6 Å². The van der Waals surface area contributed by atoms with Crippen molar-refractivity contribution >= 4 is 11.8 Å². The molecule has 1 aromatic rings. The predicted molar refractivity (Wildman–Crippen MR) is 52.7 cm³/mol. The highest BCUT2D eigenvalue weighted by atomic mass is 16.4. The van der Waals surface area contributed by atoms with Crippen LogP contribution in [0.5, 0.6) is 0 Å². The number of carboxylic acid groups (broad SMARTS) is 1. The SMILES string of the molecule is Cc1nc(N)ccc1C[C@H](N)C(=O)O. The van der Waals surface area contributed by atoms with Crippen molar-refractivity contribution < 1.29 is 9.90 Å². The highest BCUT2D eigenvalue weighted by Gasteiger charge is 2.13. The number of nitrogens with zero attached hydrogens (tertiary/aromatic N) is 1. The van der Waals surface area contributed by atoms with Gasteiger partial charge in [-0.3, -0.25) is 4.79 Å². The van der Waals surface area contributed by atoms with Crippen molar-refractivity contribution in [2.75, 3.05) is 5.73 Å². The molecule has 0 aromatic carbocycles. The van der Waals surface area contributed by atoms with E-state index in [-0.39, 0.29) is 6.42 Å². The zero-order valence-electron chi connectivity index (χ0n) is 7.90. The number of hydrogen-bond acceptors (Lipinski definition) is 4. The molecule has 5 N–H and O–H groups in total. The van der Waals surface area contributed by atoms with Crippen LogP contribution in [0, 0.1) is 6.92 Å². The molecule has 0 saturated carbocycles. The lowest BCUT2D eigenvalue weighted by Crippen LogP contribution is -2.32. The molecule has 1 atom stereocenters. The van der Waals surface area contributed by atoms with Gasteiger partial charge < -0.3 is 16.6 Å². The molecule has 0 radical (unpaired) electrons. The number of nitrogens with two attached hydrogens (primary N) is 2. The van der Waals surface area contributed by atoms with Crippen LogP contribution in [0.2, 0.25) is 0 Å². The Bertz CT molecular complexity index is 352. The number of aryl methyl sites for hydroxylation is 1. The number of aromatic nitrogens is 1. The number of nitrogen functional groups attached to an aromatic ring is 1. The standard InChI is InChI=1S/C9H13N3O2/c1-5-6(2-3-8(11)12-5)4-7(10)9(13)14/h2-3,7H,4,10H2,1H3,(H2,11,12)(H,13,14)/t7-/m0/s1. The van der Waals surface area contributed by atoms with Crippen LogP contribution in [0.1, 0.15) is 11.3 Å². The highest BCUT2D eigenvalue weighted by Crippen LogP contribution is 2.09. The topological polar surface area (TPSA) is 102 Å². The number of rotatable bonds is 3. The monoisotopic (exact) mass is 195 g/mol. The van der Waals surface area contributed by atoms with E-state index < -0.39 is 12.0 Å². The molecular weight excluding hydrogens is 182 g/mol. The van der Waals surface area contributed by atoms with Gasteiger partial charge in [-0.25, -0.2) is 4.98 Å². The quantitative estimate of drug-likeness (QED) is 0.626. The van der Waals surface area contributed by atoms with Crippen molar-refractivity contribution in [1.29, 1.82) is 0 Å². The number of carboxylic acids is 1. The summed E-state index contributed by atoms with van der Waals surface area (Å²) in [7, 11) is 0. The fourth-order valence-corrected chi connectivity index (χ4v) is 1.15. The minimum Gasteiger partial charge on any atom is -0.480 e. The third-order valence-corrected chi connectivity index (χ3v) is 1.97. The Morgan fingerprint density at radius 3 is 2.79 bits per heavy atom. The van der Waals surface area contributed by atoms with Crippen LogP contribution in [-0.4, -0.2) is 22.1 Å². The normalized spacial score (nSPS) is 12.4. The number of hydrogen-bond donors (Lipinski definition) is 3. The smallest absolute Gasteiger partial charge is 0.320 e. The molecule has 0 amide bonds. The lowest BCUT2D eigenvalue weighted by Gasteiger charge is -2.08. The van der Waals surface area contributed by atoms with Crippen molar-refractivity contribution in [2.24, 2.45) is 5.73 Å². The summed E-state index contributed by atoms with van der Waals surface area (Å²) >= 11 is 0. The lowest BCUT2D eigenvalue weighted by atomic mass is 10.1. The van der Waals surface area contributed by atoms with E-state index in [9.17, 15) is 4.79 Å². The number of anilines is 1. The average molecular weight is 195 g/mol. The fraction of sp³-hybridized carbons (Fsp3) is 0.333. The third kappa shape index (κ3) is 2.43. The molecular formula is C9H13N3O2. The molecule has 5 nitrogen and oxygen atoms in total. The van der Waals surface area contributed by atoms with E-state index in [1.165, 1.54) is 0 Å². The van der Waals surface area contributed by atoms with E-state index in [0.717, 1.165) is 11.3 Å². The Morgan fingerprint density at radius 1 is 1.64 bits per heavy atom. The predicted octanol–water partition coefficient (Wildman–Crippen LogP) is -0.0734. The van der Waals surface area contributed by atoms with E-state index in [4.69, 9.17) is 16.6 Å². The van der Waals surface area contributed by atoms with Crippen molar-refractivity contribution in [3.8, 4) is 0 Å². The molecule has 76 valence electrons. The van der Waals surface area contributed by atoms with Crippen molar-refractivity contribution in [2.45, 2.75) is 19.4 Å². The second-order valence-electron chi connectivity index (χ2n) is 3.13. The minimum atomic E-state index is -1.01. The Morgan fingerprint density at radius 2 is 2.29 bits per heavy atom. The van der Waals surface area contributed by atoms with Gasteiger partial charge in [-0.1, -0.05) is 6.07 Å². The molecule has 0 unspecified atom stereocenters. The molecule has 1 aromatic heterocycles. The maximum Gasteiger partial charge on any atom is 0.320 e. The molecule has 0 aliphatic carbocycles. The number of pyridine rings is 1. The molecule has 1 rings (SSSR count). The second-order valence-corrected chi connectivity index (χ2v) is 3.13. The summed E-state index contributed by atoms with van der Waals surface area (Å²) in [5, 5.41) is 8.62. The van der Waals surface area contributed by atoms with Gasteiger partial charge >= 0.3 is 5.97 Å². The zero-order chi connectivity index (χ0) is 10.7. The van der Waals surface area contributed by atoms with Crippen molar-refractivity contribution in [1.82, 2.24) is 4.98 Å². The first-order valence-corrected chi connectivity index (χ1v) is 4.21. The summed E-state index contributed by atoms with van der Waals surface area (Å²) in [6.07, 6.45) is 0.272. The summed E-state index contributed by atoms with van der Waals surface area (Å²) in [6.45, 7) is 1.78. The second kappa shape index (κ2) is 4.06. The molecule has 14 heavy (non-hydrogen) atoms. The first kappa shape index (κ1) is 10.5. The van der Waals surface area contributed by atoms with Crippen LogP contribution < -0.4 is 11.5 Å². The summed E-state index contributed by atoms with van der Waals surface area (Å²) in [5.74, 6) is -0.587. The molecule has 5 heteroatoms. The van der Waals surface area contributed by atoms with Crippen LogP contribution in [0.15, 0.2) is 12.1 Å². The molecule has 0 bridgehead atoms. The summed E-state index contributed by atoms with van der Waals surface area (Å²) in [5.41, 5.74) is 12.4. The lowest BCUT2D eigenvalue weighted by molar-refractivity contribution is -0.138. The van der Waals surface area contributed by atoms with Gasteiger partial charge in [-0.15, -0.1) is 0 Å². The van der Waals surface area contributed by atoms with Gasteiger partial charge in [0.2, 0.25) is 0 Å². The van der Waals surface area contributed by atoms with Crippen LogP contribution in [0.4, 0.5) is 5.82 Å². The van der Waals surface area contributed by atoms with Gasteiger partial charge in [0.05, 0.1) is 0 Å². The Balaban J connectivity index is 2.82. The van der Waals surface area contributed by atoms with Crippen LogP contribution in [0.3, 0.4) is 0 Å². The van der Waals surface area contributed by atoms with Crippen LogP contribution >= 0.6 is 0 Å². The number of carbonyl (C=O) groups is 1. The van der Waals surface area contributed by atoms with Gasteiger partial charge in [0.15, 0.2) is 0 Å². The Labute approximate surface area is 81.7 Å². The molecule has 0 fully saturated rings. The van der Waals surface area contributed by atoms with Crippen LogP contribution in [0.25, 0.3) is 0 Å². The molecule has 0 aliphatic heterocycles. The third-order valence-electron chi connectivity index (χ3n) is 1.97. The van der Waals surface area contributed by atoms with Gasteiger partial charge in [0.1, 0.15) is 11.9 Å². The first-order valence-electron chi connectivity index (χ1n) is 4.21. The van der Waals surface area contributed by atoms with Gasteiger partial charge in [0, 0.05) is 12.1 Å². The van der Waals surface area contributed by atoms with Crippen LogP contribution in [-0.2, 0) is 11.2 Å². The Kier molecular flexibility index (Phi) is 3.03. The highest BCUT2D eigenvalue weighted by molar-refractivity contribution is 5.73. The molecule has 0 aliphatic rings. The maximum atomic E-state index is 10.5. The number of aliphatic carboxylic acids is 1. The van der Waals surface area contributed by atoms with E-state index >= 15 is 0 Å². The van der Waals surface area contributed by atoms with Gasteiger partial charge in [-0.2, -0.15) is 0 Å². The molecule has 1 heterocycles. The van der Waals surface area contributed by atoms with Crippen molar-refractivity contribution in [3.05, 3.63) is 23.4 Å². The maximum absolute atomic E-state index is 10.5. The minimum absolute atomic E-state index is 0.272. The largest absolute Gasteiger partial charge is 0.480 e. The summed E-state index contributed by atoms with van der Waals surface area (Å²) in [4.78, 5) is 14.5. The van der Waals surface area contributed by atoms with E-state index in [0.29, 0.717) is 5.82 Å². The van der Waals surface area contributed by atoms with Gasteiger partial charge in [0.25, 0.3) is 0 Å². The van der Waals surface area contributed by atoms with E-state index in [1.807, 2.05) is 0 Å². The Hall–Kier alpha value is -1.62. The fourth-order valence-electron chi connectivity index (χ4n) is 1.15. The van der Waals surface area contributed by atoms with E-state index in [2.05, 4.69) is 4.98 Å². The molecule has 0 spiro atoms. The zero-order valence-corrected chi connectivity index (χ0v) is 7.90. The average Bonchev–Trinajstić information content (AvgIpc) is 2.09. The van der Waals surface area contributed by atoms with Crippen molar-refractivity contribution in [3.63, 3.8) is 0 Å². The first-order chi connectivity index (χ1) is 6.50. The van der Waals surface area contributed by atoms with E-state index in [1.54, 1.807) is 19.1 Å². The molecule has 0 saturated heterocycles. The summed E-state index contributed by atoms with van der Waals surface area (Å²) < 4.78 is 0. The summed E-state index contributed by atoms with van der Waals surface area (Å²) in [6, 6.07) is 2.50.